The van der Waals surface area contributed by atoms with E-state index in [1.54, 1.807) is 24.3 Å². The lowest BCUT2D eigenvalue weighted by Crippen LogP contribution is -2.34. The summed E-state index contributed by atoms with van der Waals surface area (Å²) >= 11 is 0. The van der Waals surface area contributed by atoms with Crippen LogP contribution in [0.3, 0.4) is 0 Å². The first-order valence-corrected chi connectivity index (χ1v) is 11.3. The minimum atomic E-state index is -0.799. The molecule has 35 heavy (non-hydrogen) atoms. The van der Waals surface area contributed by atoms with E-state index in [0.29, 0.717) is 47.0 Å². The van der Waals surface area contributed by atoms with Crippen LogP contribution >= 0.6 is 0 Å². The Hall–Kier alpha value is -4.53. The molecule has 5 rings (SSSR count). The van der Waals surface area contributed by atoms with Gasteiger partial charge in [0, 0.05) is 22.4 Å². The Kier molecular flexibility index (Phi) is 5.74. The number of aromatic amines is 1. The van der Waals surface area contributed by atoms with Crippen molar-refractivity contribution >= 4 is 11.8 Å². The fourth-order valence-corrected chi connectivity index (χ4v) is 4.31. The molecule has 0 bridgehead atoms. The number of carbonyl (C=O) groups is 2. The van der Waals surface area contributed by atoms with Crippen LogP contribution in [0.15, 0.2) is 63.8 Å². The first-order chi connectivity index (χ1) is 16.9. The number of nitrogens with two attached hydrogens (primary N) is 1. The molecule has 1 aliphatic carbocycles. The number of hydrogen-bond acceptors (Lipinski definition) is 6. The third kappa shape index (κ3) is 4.48. The Balaban J connectivity index is 1.33. The number of aromatic nitrogens is 3. The number of primary amides is 1. The molecule has 1 unspecified atom stereocenters. The first kappa shape index (κ1) is 22.3. The second-order valence-corrected chi connectivity index (χ2v) is 8.59. The van der Waals surface area contributed by atoms with Crippen LogP contribution in [0.1, 0.15) is 56.4 Å². The van der Waals surface area contributed by atoms with E-state index in [9.17, 15) is 14.4 Å². The van der Waals surface area contributed by atoms with E-state index in [0.717, 1.165) is 17.5 Å². The summed E-state index contributed by atoms with van der Waals surface area (Å²) in [5.41, 5.74) is 9.22. The van der Waals surface area contributed by atoms with Gasteiger partial charge >= 0.3 is 0 Å². The van der Waals surface area contributed by atoms with Crippen LogP contribution in [0.25, 0.3) is 22.9 Å². The molecule has 0 radical (unpaired) electrons. The molecule has 0 aliphatic heterocycles. The van der Waals surface area contributed by atoms with Crippen molar-refractivity contribution in [2.45, 2.75) is 32.2 Å². The van der Waals surface area contributed by atoms with Crippen molar-refractivity contribution < 1.29 is 14.0 Å². The number of pyridine rings is 1. The molecule has 1 atom stereocenters. The molecule has 2 amide bonds. The third-order valence-corrected chi connectivity index (χ3v) is 6.11. The molecule has 0 spiro atoms. The van der Waals surface area contributed by atoms with Gasteiger partial charge in [0.1, 0.15) is 5.56 Å². The lowest BCUT2D eigenvalue weighted by atomic mass is 9.90. The van der Waals surface area contributed by atoms with Crippen LogP contribution in [0.2, 0.25) is 0 Å². The largest absolute Gasteiger partial charge is 0.416 e. The summed E-state index contributed by atoms with van der Waals surface area (Å²) < 4.78 is 5.82. The molecule has 176 valence electrons. The van der Waals surface area contributed by atoms with Gasteiger partial charge in [0.25, 0.3) is 17.4 Å². The molecule has 0 fully saturated rings. The Labute approximate surface area is 200 Å². The molecule has 0 saturated heterocycles. The van der Waals surface area contributed by atoms with E-state index in [2.05, 4.69) is 20.5 Å². The fraction of sp³-hybridized carbons (Fsp3) is 0.192. The summed E-state index contributed by atoms with van der Waals surface area (Å²) in [4.78, 5) is 39.4. The van der Waals surface area contributed by atoms with Crippen molar-refractivity contribution in [1.29, 1.82) is 0 Å². The zero-order chi connectivity index (χ0) is 24.5. The van der Waals surface area contributed by atoms with Crippen molar-refractivity contribution in [3.8, 4) is 22.9 Å². The van der Waals surface area contributed by atoms with E-state index >= 15 is 0 Å². The van der Waals surface area contributed by atoms with Gasteiger partial charge in [-0.2, -0.15) is 0 Å². The Bertz CT molecular complexity index is 1490. The zero-order valence-electron chi connectivity index (χ0n) is 19.0. The van der Waals surface area contributed by atoms with Gasteiger partial charge in [0.15, 0.2) is 0 Å². The monoisotopic (exact) mass is 469 g/mol. The maximum absolute atomic E-state index is 13.0. The summed E-state index contributed by atoms with van der Waals surface area (Å²) in [6.07, 6.45) is 2.15. The Morgan fingerprint density at radius 2 is 1.80 bits per heavy atom. The molecule has 2 aromatic heterocycles. The van der Waals surface area contributed by atoms with Crippen molar-refractivity contribution in [2.24, 2.45) is 5.73 Å². The molecule has 2 aromatic carbocycles. The summed E-state index contributed by atoms with van der Waals surface area (Å²) in [6.45, 7) is 1.99. The minimum absolute atomic E-state index is 0.112. The van der Waals surface area contributed by atoms with Gasteiger partial charge in [-0.15, -0.1) is 10.2 Å². The molecule has 0 saturated carbocycles. The third-order valence-electron chi connectivity index (χ3n) is 6.11. The minimum Gasteiger partial charge on any atom is -0.416 e. The van der Waals surface area contributed by atoms with Crippen LogP contribution in [0.4, 0.5) is 0 Å². The quantitative estimate of drug-likeness (QED) is 0.409. The van der Waals surface area contributed by atoms with Gasteiger partial charge in [-0.1, -0.05) is 17.7 Å². The van der Waals surface area contributed by atoms with Gasteiger partial charge in [0.2, 0.25) is 11.8 Å². The normalized spacial score (nSPS) is 14.8. The molecular weight excluding hydrogens is 446 g/mol. The molecule has 4 N–H and O–H groups in total. The number of nitrogens with zero attached hydrogens (tertiary/aromatic N) is 2. The van der Waals surface area contributed by atoms with Crippen molar-refractivity contribution in [2.75, 3.05) is 0 Å². The van der Waals surface area contributed by atoms with Gasteiger partial charge in [0.05, 0.1) is 6.04 Å². The van der Waals surface area contributed by atoms with E-state index in [-0.39, 0.29) is 17.5 Å². The van der Waals surface area contributed by atoms with Crippen LogP contribution in [-0.2, 0) is 6.42 Å². The van der Waals surface area contributed by atoms with Crippen LogP contribution in [0, 0.1) is 6.92 Å². The van der Waals surface area contributed by atoms with Gasteiger partial charge < -0.3 is 20.5 Å². The number of aryl methyl sites for hydroxylation is 2. The molecule has 4 aromatic rings. The summed E-state index contributed by atoms with van der Waals surface area (Å²) in [5.74, 6) is -0.286. The summed E-state index contributed by atoms with van der Waals surface area (Å²) in [6, 6.07) is 15.8. The number of amides is 2. The predicted octanol–water partition coefficient (Wildman–Crippen LogP) is 3.31. The van der Waals surface area contributed by atoms with E-state index in [1.165, 1.54) is 6.07 Å². The highest BCUT2D eigenvalue weighted by molar-refractivity contribution is 5.95. The first-order valence-electron chi connectivity index (χ1n) is 11.3. The molecule has 9 nitrogen and oxygen atoms in total. The fourth-order valence-electron chi connectivity index (χ4n) is 4.31. The highest BCUT2D eigenvalue weighted by atomic mass is 16.4. The number of nitrogens with one attached hydrogen (secondary N) is 2. The predicted molar refractivity (Wildman–Crippen MR) is 129 cm³/mol. The van der Waals surface area contributed by atoms with Gasteiger partial charge in [-0.3, -0.25) is 14.4 Å². The van der Waals surface area contributed by atoms with Gasteiger partial charge in [-0.05, 0) is 74.2 Å². The Morgan fingerprint density at radius 3 is 2.51 bits per heavy atom. The van der Waals surface area contributed by atoms with Crippen molar-refractivity contribution in [3.63, 3.8) is 0 Å². The summed E-state index contributed by atoms with van der Waals surface area (Å²) in [5, 5.41) is 11.3. The highest BCUT2D eigenvalue weighted by Gasteiger charge is 2.25. The lowest BCUT2D eigenvalue weighted by molar-refractivity contribution is 0.0932. The maximum Gasteiger partial charge on any atom is 0.261 e. The number of hydrogen-bond donors (Lipinski definition) is 3. The second-order valence-electron chi connectivity index (χ2n) is 8.59. The smallest absolute Gasteiger partial charge is 0.261 e. The van der Waals surface area contributed by atoms with Crippen LogP contribution in [0.5, 0.6) is 0 Å². The van der Waals surface area contributed by atoms with E-state index in [1.807, 2.05) is 31.2 Å². The standard InChI is InChI=1S/C26H23N5O4/c1-14-4-2-5-17(12-14)26-31-30-25(35-26)16-10-8-15(9-11-16)23(33)28-20-6-3-7-21-18(20)13-19(22(27)32)24(34)29-21/h2,4-5,8-13,20H,3,6-7H2,1H3,(H2,27,32)(H,28,33)(H,29,34). The number of fused-ring (bicyclic) bond motifs is 1. The maximum atomic E-state index is 13.0. The highest BCUT2D eigenvalue weighted by Crippen LogP contribution is 2.29. The lowest BCUT2D eigenvalue weighted by Gasteiger charge is -2.26. The van der Waals surface area contributed by atoms with Crippen molar-refractivity contribution in [1.82, 2.24) is 20.5 Å². The number of H-pyrrole nitrogens is 1. The zero-order valence-corrected chi connectivity index (χ0v) is 19.0. The number of benzene rings is 2. The number of carbonyl (C=O) groups excluding carboxylic acids is 2. The SMILES string of the molecule is Cc1cccc(-c2nnc(-c3ccc(C(=O)NC4CCCc5[nH]c(=O)c(C(N)=O)cc54)cc3)o2)c1. The van der Waals surface area contributed by atoms with E-state index < -0.39 is 11.5 Å². The molecule has 2 heterocycles. The van der Waals surface area contributed by atoms with Crippen molar-refractivity contribution in [3.05, 3.63) is 92.9 Å². The average Bonchev–Trinajstić information content (AvgIpc) is 3.34. The Morgan fingerprint density at radius 1 is 1.06 bits per heavy atom. The van der Waals surface area contributed by atoms with Crippen LogP contribution in [-0.4, -0.2) is 27.0 Å². The van der Waals surface area contributed by atoms with E-state index in [4.69, 9.17) is 10.2 Å². The molecular formula is C26H23N5O4. The molecule has 1 aliphatic rings. The van der Waals surface area contributed by atoms with Crippen LogP contribution < -0.4 is 16.6 Å². The number of rotatable bonds is 5. The average molecular weight is 470 g/mol. The molecule has 9 heteroatoms. The van der Waals surface area contributed by atoms with Gasteiger partial charge in [-0.25, -0.2) is 0 Å². The summed E-state index contributed by atoms with van der Waals surface area (Å²) in [7, 11) is 0. The second kappa shape index (κ2) is 9.02. The topological polar surface area (TPSA) is 144 Å².